The molecule has 0 amide bonds. The Labute approximate surface area is 58.1 Å². The molecule has 0 bridgehead atoms. The summed E-state index contributed by atoms with van der Waals surface area (Å²) in [7, 11) is 4.65. The molecule has 0 aromatic heterocycles. The summed E-state index contributed by atoms with van der Waals surface area (Å²) in [6, 6.07) is 0. The van der Waals surface area contributed by atoms with Gasteiger partial charge in [-0.2, -0.15) is 0 Å². The molecular weight excluding hydrogens is 136 g/mol. The molecule has 4 heteroatoms. The average molecular weight is 150 g/mol. The van der Waals surface area contributed by atoms with Gasteiger partial charge in [0, 0.05) is 27.6 Å². The summed E-state index contributed by atoms with van der Waals surface area (Å²) >= 11 is 0. The van der Waals surface area contributed by atoms with Crippen molar-refractivity contribution in [1.82, 2.24) is 0 Å². The van der Waals surface area contributed by atoms with E-state index in [4.69, 9.17) is 14.2 Å². The summed E-state index contributed by atoms with van der Waals surface area (Å²) in [6.45, 7) is 0. The molecule has 0 aromatic rings. The minimum atomic E-state index is -0.341. The average Bonchev–Trinajstić information content (AvgIpc) is 1.91. The molecule has 0 radical (unpaired) electrons. The SMILES string of the molecule is COC[SiH2]C(OC)OC. The minimum Gasteiger partial charge on any atom is -0.388 e. The monoisotopic (exact) mass is 150 g/mol. The van der Waals surface area contributed by atoms with Crippen LogP contribution >= 0.6 is 0 Å². The van der Waals surface area contributed by atoms with Crippen LogP contribution in [-0.4, -0.2) is 43.0 Å². The molecule has 0 unspecified atom stereocenters. The molecule has 3 nitrogen and oxygen atoms in total. The molecule has 0 fully saturated rings. The zero-order valence-electron chi connectivity index (χ0n) is 6.22. The van der Waals surface area contributed by atoms with Crippen molar-refractivity contribution in [2.75, 3.05) is 27.6 Å². The smallest absolute Gasteiger partial charge is 0.136 e. The topological polar surface area (TPSA) is 27.7 Å². The lowest BCUT2D eigenvalue weighted by Gasteiger charge is -2.10. The third-order valence-electron chi connectivity index (χ3n) is 1.08. The lowest BCUT2D eigenvalue weighted by Crippen LogP contribution is -2.24. The maximum absolute atomic E-state index is 4.96. The van der Waals surface area contributed by atoms with E-state index in [1.807, 2.05) is 0 Å². The molecule has 0 saturated heterocycles. The lowest BCUT2D eigenvalue weighted by molar-refractivity contribution is -0.0457. The molecule has 0 aliphatic rings. The van der Waals surface area contributed by atoms with Crippen LogP contribution in [0.2, 0.25) is 0 Å². The van der Waals surface area contributed by atoms with E-state index in [0.717, 1.165) is 6.23 Å². The molecule has 0 atom stereocenters. The van der Waals surface area contributed by atoms with Crippen molar-refractivity contribution >= 4 is 9.52 Å². The Morgan fingerprint density at radius 1 is 1.22 bits per heavy atom. The Balaban J connectivity index is 3.09. The van der Waals surface area contributed by atoms with Gasteiger partial charge in [-0.1, -0.05) is 0 Å². The summed E-state index contributed by atoms with van der Waals surface area (Å²) in [4.78, 5) is 0. The quantitative estimate of drug-likeness (QED) is 0.384. The maximum atomic E-state index is 4.96. The first-order chi connectivity index (χ1) is 4.35. The zero-order valence-corrected chi connectivity index (χ0v) is 7.63. The molecule has 0 heterocycles. The van der Waals surface area contributed by atoms with Crippen LogP contribution in [0.15, 0.2) is 0 Å². The first-order valence-electron chi connectivity index (χ1n) is 2.89. The second-order valence-corrected chi connectivity index (χ2v) is 3.33. The highest BCUT2D eigenvalue weighted by atomic mass is 28.2. The summed E-state index contributed by atoms with van der Waals surface area (Å²) < 4.78 is 14.8. The number of hydrogen-bond donors (Lipinski definition) is 0. The summed E-state index contributed by atoms with van der Waals surface area (Å²) in [6.07, 6.45) is 0.812. The molecule has 9 heavy (non-hydrogen) atoms. The van der Waals surface area contributed by atoms with E-state index in [9.17, 15) is 0 Å². The van der Waals surface area contributed by atoms with E-state index >= 15 is 0 Å². The Hall–Kier alpha value is 0.0969. The van der Waals surface area contributed by atoms with Gasteiger partial charge in [-0.05, 0) is 0 Å². The molecule has 0 rings (SSSR count). The van der Waals surface area contributed by atoms with Gasteiger partial charge in [0.1, 0.15) is 15.4 Å². The van der Waals surface area contributed by atoms with Crippen molar-refractivity contribution in [3.05, 3.63) is 0 Å². The third-order valence-corrected chi connectivity index (χ3v) is 2.87. The third kappa shape index (κ3) is 4.59. The highest BCUT2D eigenvalue weighted by Crippen LogP contribution is 1.86. The van der Waals surface area contributed by atoms with Gasteiger partial charge in [-0.3, -0.25) is 0 Å². The van der Waals surface area contributed by atoms with Crippen molar-refractivity contribution in [2.45, 2.75) is 5.91 Å². The molecule has 0 spiro atoms. The van der Waals surface area contributed by atoms with Gasteiger partial charge in [0.05, 0.1) is 0 Å². The van der Waals surface area contributed by atoms with E-state index in [1.54, 1.807) is 21.3 Å². The summed E-state index contributed by atoms with van der Waals surface area (Å²) in [5.74, 6) is 0.0185. The van der Waals surface area contributed by atoms with Gasteiger partial charge >= 0.3 is 0 Å². The number of rotatable bonds is 5. The Kier molecular flexibility index (Phi) is 6.29. The number of hydrogen-bond acceptors (Lipinski definition) is 3. The van der Waals surface area contributed by atoms with Crippen molar-refractivity contribution in [3.63, 3.8) is 0 Å². The van der Waals surface area contributed by atoms with Crippen LogP contribution < -0.4 is 0 Å². The largest absolute Gasteiger partial charge is 0.388 e. The standard InChI is InChI=1S/C5H14O3Si/c1-6-4-9-5(7-2)8-3/h5H,4,9H2,1-3H3. The maximum Gasteiger partial charge on any atom is 0.136 e. The van der Waals surface area contributed by atoms with E-state index in [0.29, 0.717) is 0 Å². The number of methoxy groups -OCH3 is 3. The molecule has 0 aliphatic heterocycles. The van der Waals surface area contributed by atoms with E-state index in [1.165, 1.54) is 0 Å². The van der Waals surface area contributed by atoms with Gasteiger partial charge in [-0.25, -0.2) is 0 Å². The van der Waals surface area contributed by atoms with Crippen LogP contribution in [0.25, 0.3) is 0 Å². The van der Waals surface area contributed by atoms with E-state index in [2.05, 4.69) is 0 Å². The van der Waals surface area contributed by atoms with Gasteiger partial charge in [0.15, 0.2) is 0 Å². The van der Waals surface area contributed by atoms with Crippen LogP contribution in [-0.2, 0) is 14.2 Å². The van der Waals surface area contributed by atoms with Crippen molar-refractivity contribution in [3.8, 4) is 0 Å². The normalized spacial score (nSPS) is 12.0. The van der Waals surface area contributed by atoms with Crippen LogP contribution in [0.1, 0.15) is 0 Å². The summed E-state index contributed by atoms with van der Waals surface area (Å²) in [5, 5.41) is 0. The molecule has 0 N–H and O–H groups in total. The second-order valence-electron chi connectivity index (χ2n) is 1.68. The van der Waals surface area contributed by atoms with Gasteiger partial charge < -0.3 is 14.2 Å². The van der Waals surface area contributed by atoms with Gasteiger partial charge in [-0.15, -0.1) is 0 Å². The Morgan fingerprint density at radius 3 is 2.11 bits per heavy atom. The predicted molar refractivity (Wildman–Crippen MR) is 38.2 cm³/mol. The first-order valence-corrected chi connectivity index (χ1v) is 4.71. The van der Waals surface area contributed by atoms with Crippen LogP contribution in [0.3, 0.4) is 0 Å². The zero-order chi connectivity index (χ0) is 7.11. The predicted octanol–water partition coefficient (Wildman–Crippen LogP) is -0.665. The fourth-order valence-corrected chi connectivity index (χ4v) is 1.45. The fourth-order valence-electron chi connectivity index (χ4n) is 0.546. The highest BCUT2D eigenvalue weighted by molar-refractivity contribution is 6.36. The highest BCUT2D eigenvalue weighted by Gasteiger charge is 2.03. The van der Waals surface area contributed by atoms with Crippen molar-refractivity contribution in [1.29, 1.82) is 0 Å². The van der Waals surface area contributed by atoms with Crippen molar-refractivity contribution in [2.24, 2.45) is 0 Å². The Bertz CT molecular complexity index is 56.2. The molecule has 0 saturated carbocycles. The Morgan fingerprint density at radius 2 is 1.78 bits per heavy atom. The molecule has 0 aromatic carbocycles. The number of ether oxygens (including phenoxy) is 3. The minimum absolute atomic E-state index is 0.0185. The second kappa shape index (κ2) is 6.22. The van der Waals surface area contributed by atoms with E-state index in [-0.39, 0.29) is 15.4 Å². The fraction of sp³-hybridized carbons (Fsp3) is 1.00. The van der Waals surface area contributed by atoms with E-state index < -0.39 is 0 Å². The molecule has 0 aliphatic carbocycles. The molecule has 56 valence electrons. The van der Waals surface area contributed by atoms with Gasteiger partial charge in [0.2, 0.25) is 0 Å². The van der Waals surface area contributed by atoms with Crippen molar-refractivity contribution < 1.29 is 14.2 Å². The summed E-state index contributed by atoms with van der Waals surface area (Å²) in [5.41, 5.74) is 0. The van der Waals surface area contributed by atoms with Crippen LogP contribution in [0.4, 0.5) is 0 Å². The van der Waals surface area contributed by atoms with Gasteiger partial charge in [0.25, 0.3) is 0 Å². The first kappa shape index (κ1) is 9.10. The van der Waals surface area contributed by atoms with Crippen LogP contribution in [0.5, 0.6) is 0 Å². The lowest BCUT2D eigenvalue weighted by atomic mass is 11.3. The van der Waals surface area contributed by atoms with Crippen LogP contribution in [0, 0.1) is 0 Å². The molecular formula is C5H14O3Si.